The summed E-state index contributed by atoms with van der Waals surface area (Å²) in [6, 6.07) is 7.66. The Kier molecular flexibility index (Phi) is 3.32. The molecule has 0 radical (unpaired) electrons. The first-order valence-electron chi connectivity index (χ1n) is 5.76. The van der Waals surface area contributed by atoms with Crippen LogP contribution in [0.3, 0.4) is 0 Å². The third-order valence-electron chi connectivity index (χ3n) is 2.69. The van der Waals surface area contributed by atoms with Gasteiger partial charge in [0.2, 0.25) is 0 Å². The van der Waals surface area contributed by atoms with Crippen molar-refractivity contribution in [1.29, 1.82) is 5.41 Å². The van der Waals surface area contributed by atoms with Crippen LogP contribution in [0.2, 0.25) is 0 Å². The van der Waals surface area contributed by atoms with Crippen molar-refractivity contribution in [3.05, 3.63) is 41.7 Å². The minimum atomic E-state index is 0.0210. The highest BCUT2D eigenvalue weighted by atomic mass is 16.5. The molecule has 0 spiro atoms. The van der Waals surface area contributed by atoms with E-state index in [-0.39, 0.29) is 5.84 Å². The maximum absolute atomic E-state index is 7.48. The average molecular weight is 244 g/mol. The lowest BCUT2D eigenvalue weighted by atomic mass is 10.2. The number of amidine groups is 1. The van der Waals surface area contributed by atoms with Gasteiger partial charge in [0.1, 0.15) is 17.3 Å². The Balaban J connectivity index is 2.52. The molecule has 0 amide bonds. The van der Waals surface area contributed by atoms with Crippen LogP contribution in [0.15, 0.2) is 30.5 Å². The topological polar surface area (TPSA) is 76.9 Å². The lowest BCUT2D eigenvalue weighted by Gasteiger charge is -2.11. The van der Waals surface area contributed by atoms with Crippen molar-refractivity contribution in [2.45, 2.75) is 13.8 Å². The summed E-state index contributed by atoms with van der Waals surface area (Å²) in [6.07, 6.45) is 1.60. The summed E-state index contributed by atoms with van der Waals surface area (Å²) < 4.78 is 7.31. The molecule has 18 heavy (non-hydrogen) atoms. The van der Waals surface area contributed by atoms with Crippen molar-refractivity contribution in [2.75, 3.05) is 6.61 Å². The van der Waals surface area contributed by atoms with E-state index in [9.17, 15) is 0 Å². The fourth-order valence-corrected chi connectivity index (χ4v) is 1.83. The molecule has 2 rings (SSSR count). The SMILES string of the molecule is CCOc1ccccc1-n1ncc(C(=N)N)c1C. The van der Waals surface area contributed by atoms with E-state index in [0.29, 0.717) is 12.2 Å². The van der Waals surface area contributed by atoms with Crippen LogP contribution >= 0.6 is 0 Å². The highest BCUT2D eigenvalue weighted by Crippen LogP contribution is 2.24. The van der Waals surface area contributed by atoms with Crippen LogP contribution in [0.25, 0.3) is 5.69 Å². The first-order chi connectivity index (χ1) is 8.65. The van der Waals surface area contributed by atoms with Crippen LogP contribution < -0.4 is 10.5 Å². The van der Waals surface area contributed by atoms with Crippen molar-refractivity contribution in [1.82, 2.24) is 9.78 Å². The molecule has 0 saturated carbocycles. The minimum Gasteiger partial charge on any atom is -0.492 e. The molecule has 0 aliphatic heterocycles. The minimum absolute atomic E-state index is 0.0210. The van der Waals surface area contributed by atoms with Gasteiger partial charge >= 0.3 is 0 Å². The first kappa shape index (κ1) is 12.2. The van der Waals surface area contributed by atoms with Gasteiger partial charge in [0.05, 0.1) is 24.1 Å². The van der Waals surface area contributed by atoms with Crippen LogP contribution in [0.1, 0.15) is 18.2 Å². The predicted molar refractivity (Wildman–Crippen MR) is 70.5 cm³/mol. The highest BCUT2D eigenvalue weighted by Gasteiger charge is 2.13. The number of rotatable bonds is 4. The summed E-state index contributed by atoms with van der Waals surface area (Å²) in [5.74, 6) is 0.786. The highest BCUT2D eigenvalue weighted by molar-refractivity contribution is 5.95. The van der Waals surface area contributed by atoms with E-state index >= 15 is 0 Å². The molecule has 94 valence electrons. The van der Waals surface area contributed by atoms with E-state index < -0.39 is 0 Å². The molecular weight excluding hydrogens is 228 g/mol. The van der Waals surface area contributed by atoms with Crippen molar-refractivity contribution in [2.24, 2.45) is 5.73 Å². The largest absolute Gasteiger partial charge is 0.492 e. The lowest BCUT2D eigenvalue weighted by molar-refractivity contribution is 0.338. The van der Waals surface area contributed by atoms with Crippen molar-refractivity contribution >= 4 is 5.84 Å². The summed E-state index contributed by atoms with van der Waals surface area (Å²) >= 11 is 0. The van der Waals surface area contributed by atoms with Gasteiger partial charge in [-0.1, -0.05) is 12.1 Å². The van der Waals surface area contributed by atoms with Gasteiger partial charge in [0.25, 0.3) is 0 Å². The van der Waals surface area contributed by atoms with Crippen LogP contribution in [0, 0.1) is 12.3 Å². The lowest BCUT2D eigenvalue weighted by Crippen LogP contribution is -2.12. The number of nitrogens with one attached hydrogen (secondary N) is 1. The van der Waals surface area contributed by atoms with Crippen LogP contribution in [-0.2, 0) is 0 Å². The molecule has 2 aromatic rings. The van der Waals surface area contributed by atoms with Crippen molar-refractivity contribution < 1.29 is 4.74 Å². The fourth-order valence-electron chi connectivity index (χ4n) is 1.83. The third kappa shape index (κ3) is 2.07. The molecule has 1 heterocycles. The second-order valence-electron chi connectivity index (χ2n) is 3.87. The zero-order valence-corrected chi connectivity index (χ0v) is 10.5. The van der Waals surface area contributed by atoms with Crippen LogP contribution in [0.5, 0.6) is 5.75 Å². The quantitative estimate of drug-likeness (QED) is 0.636. The third-order valence-corrected chi connectivity index (χ3v) is 2.69. The van der Waals surface area contributed by atoms with E-state index in [1.54, 1.807) is 10.9 Å². The van der Waals surface area contributed by atoms with Gasteiger partial charge in [0.15, 0.2) is 0 Å². The fraction of sp³-hybridized carbons (Fsp3) is 0.231. The zero-order valence-electron chi connectivity index (χ0n) is 10.5. The Morgan fingerprint density at radius 3 is 2.78 bits per heavy atom. The van der Waals surface area contributed by atoms with E-state index in [4.69, 9.17) is 15.9 Å². The molecular formula is C13H16N4O. The van der Waals surface area contributed by atoms with Crippen molar-refractivity contribution in [3.8, 4) is 11.4 Å². The van der Waals surface area contributed by atoms with E-state index in [1.165, 1.54) is 0 Å². The monoisotopic (exact) mass is 244 g/mol. The standard InChI is InChI=1S/C13H16N4O/c1-3-18-12-7-5-4-6-11(12)17-9(2)10(8-16-17)13(14)15/h4-8H,3H2,1-2H3,(H3,14,15). The second kappa shape index (κ2) is 4.91. The number of para-hydroxylation sites is 2. The molecule has 5 heteroatoms. The molecule has 5 nitrogen and oxygen atoms in total. The Morgan fingerprint density at radius 2 is 2.17 bits per heavy atom. The number of hydrogen-bond acceptors (Lipinski definition) is 3. The normalized spacial score (nSPS) is 10.3. The van der Waals surface area contributed by atoms with Gasteiger partial charge in [-0.05, 0) is 26.0 Å². The van der Waals surface area contributed by atoms with Crippen LogP contribution in [0.4, 0.5) is 0 Å². The molecule has 3 N–H and O–H groups in total. The van der Waals surface area contributed by atoms with Crippen molar-refractivity contribution in [3.63, 3.8) is 0 Å². The van der Waals surface area contributed by atoms with Gasteiger partial charge < -0.3 is 10.5 Å². The molecule has 0 aliphatic rings. The second-order valence-corrected chi connectivity index (χ2v) is 3.87. The summed E-state index contributed by atoms with van der Waals surface area (Å²) in [5, 5.41) is 11.7. The molecule has 0 fully saturated rings. The Labute approximate surface area is 106 Å². The molecule has 0 bridgehead atoms. The van der Waals surface area contributed by atoms with Gasteiger partial charge in [-0.15, -0.1) is 0 Å². The van der Waals surface area contributed by atoms with Gasteiger partial charge in [-0.3, -0.25) is 5.41 Å². The molecule has 1 aromatic heterocycles. The van der Waals surface area contributed by atoms with E-state index in [2.05, 4.69) is 5.10 Å². The summed E-state index contributed by atoms with van der Waals surface area (Å²) in [7, 11) is 0. The summed E-state index contributed by atoms with van der Waals surface area (Å²) in [5.41, 5.74) is 7.82. The Bertz CT molecular complexity index is 574. The molecule has 0 saturated heterocycles. The van der Waals surface area contributed by atoms with Gasteiger partial charge in [-0.25, -0.2) is 4.68 Å². The molecule has 1 aromatic carbocycles. The number of ether oxygens (including phenoxy) is 1. The predicted octanol–water partition coefficient (Wildman–Crippen LogP) is 1.86. The number of aromatic nitrogens is 2. The zero-order chi connectivity index (χ0) is 13.1. The first-order valence-corrected chi connectivity index (χ1v) is 5.76. The number of nitrogens with two attached hydrogens (primary N) is 1. The number of hydrogen-bond donors (Lipinski definition) is 2. The maximum Gasteiger partial charge on any atom is 0.144 e. The number of nitrogens with zero attached hydrogens (tertiary/aromatic N) is 2. The van der Waals surface area contributed by atoms with Crippen LogP contribution in [-0.4, -0.2) is 22.2 Å². The molecule has 0 unspecified atom stereocenters. The smallest absolute Gasteiger partial charge is 0.144 e. The summed E-state index contributed by atoms with van der Waals surface area (Å²) in [6.45, 7) is 4.41. The average Bonchev–Trinajstić information content (AvgIpc) is 2.72. The Morgan fingerprint density at radius 1 is 1.44 bits per heavy atom. The molecule has 0 atom stereocenters. The van der Waals surface area contributed by atoms with E-state index in [0.717, 1.165) is 17.1 Å². The van der Waals surface area contributed by atoms with Gasteiger partial charge in [-0.2, -0.15) is 5.10 Å². The van der Waals surface area contributed by atoms with E-state index in [1.807, 2.05) is 38.1 Å². The molecule has 0 aliphatic carbocycles. The summed E-state index contributed by atoms with van der Waals surface area (Å²) in [4.78, 5) is 0. The number of nitrogen functional groups attached to an aromatic ring is 1. The maximum atomic E-state index is 7.48. The Hall–Kier alpha value is -2.30. The number of benzene rings is 1. The van der Waals surface area contributed by atoms with Gasteiger partial charge in [0, 0.05) is 0 Å².